The molecule has 6 nitrogen and oxygen atoms in total. The number of halogens is 2. The molecule has 2 aromatic carbocycles. The van der Waals surface area contributed by atoms with Crippen LogP contribution in [0.3, 0.4) is 0 Å². The Bertz CT molecular complexity index is 1060. The molecule has 0 spiro atoms. The van der Waals surface area contributed by atoms with Gasteiger partial charge in [0.05, 0.1) is 27.9 Å². The zero-order chi connectivity index (χ0) is 19.9. The largest absolute Gasteiger partial charge is 0.322 e. The van der Waals surface area contributed by atoms with Crippen molar-refractivity contribution >= 4 is 60.7 Å². The van der Waals surface area contributed by atoms with Crippen LogP contribution in [0.2, 0.25) is 5.02 Å². The van der Waals surface area contributed by atoms with Crippen LogP contribution in [0.5, 0.6) is 0 Å². The van der Waals surface area contributed by atoms with E-state index in [1.54, 1.807) is 19.1 Å². The number of aryl methyl sites for hydroxylation is 1. The number of carbonyl (C=O) groups excluding carboxylic acids is 2. The first-order valence-electron chi connectivity index (χ1n) is 8.04. The van der Waals surface area contributed by atoms with Crippen molar-refractivity contribution in [1.29, 1.82) is 0 Å². The molecule has 0 radical (unpaired) electrons. The molecule has 1 fully saturated rings. The third-order valence-electron chi connectivity index (χ3n) is 4.23. The van der Waals surface area contributed by atoms with E-state index in [-0.39, 0.29) is 22.0 Å². The van der Waals surface area contributed by atoms with Gasteiger partial charge >= 0.3 is 0 Å². The summed E-state index contributed by atoms with van der Waals surface area (Å²) >= 11 is 9.57. The molecule has 1 N–H and O–H groups in total. The molecule has 2 aromatic rings. The van der Waals surface area contributed by atoms with Gasteiger partial charge < -0.3 is 5.32 Å². The van der Waals surface area contributed by atoms with E-state index in [1.165, 1.54) is 18.2 Å². The molecule has 1 aliphatic rings. The van der Waals surface area contributed by atoms with Crippen LogP contribution in [0.15, 0.2) is 40.9 Å². The van der Waals surface area contributed by atoms with Crippen molar-refractivity contribution in [3.8, 4) is 0 Å². The number of amides is 2. The second-order valence-corrected chi connectivity index (χ2v) is 9.54. The average Bonchev–Trinajstić information content (AvgIpc) is 2.77. The smallest absolute Gasteiger partial charge is 0.257 e. The molecule has 3 rings (SSSR count). The minimum absolute atomic E-state index is 0.0577. The van der Waals surface area contributed by atoms with Gasteiger partial charge in [0, 0.05) is 10.2 Å². The number of rotatable bonds is 3. The fourth-order valence-electron chi connectivity index (χ4n) is 2.86. The van der Waals surface area contributed by atoms with Crippen LogP contribution in [0.1, 0.15) is 22.8 Å². The van der Waals surface area contributed by atoms with Crippen LogP contribution in [-0.2, 0) is 14.8 Å². The Labute approximate surface area is 170 Å². The molecule has 27 heavy (non-hydrogen) atoms. The van der Waals surface area contributed by atoms with Crippen molar-refractivity contribution in [2.45, 2.75) is 13.8 Å². The topological polar surface area (TPSA) is 83.6 Å². The van der Waals surface area contributed by atoms with Gasteiger partial charge in [-0.1, -0.05) is 34.5 Å². The lowest BCUT2D eigenvalue weighted by Crippen LogP contribution is -2.30. The Balaban J connectivity index is 1.89. The lowest BCUT2D eigenvalue weighted by Gasteiger charge is -2.16. The summed E-state index contributed by atoms with van der Waals surface area (Å²) in [4.78, 5) is 24.7. The van der Waals surface area contributed by atoms with Crippen molar-refractivity contribution in [2.75, 3.05) is 15.4 Å². The SMILES string of the molecule is Cc1cc(Br)ccc1NC(=O)c1ccc(N2C(=O)C(C)CS2(=O)=O)cc1Cl. The highest BCUT2D eigenvalue weighted by Gasteiger charge is 2.42. The molecule has 1 atom stereocenters. The minimum Gasteiger partial charge on any atom is -0.322 e. The zero-order valence-corrected chi connectivity index (χ0v) is 17.7. The Kier molecular flexibility index (Phi) is 5.33. The van der Waals surface area contributed by atoms with Gasteiger partial charge in [0.15, 0.2) is 0 Å². The van der Waals surface area contributed by atoms with Gasteiger partial charge in [-0.15, -0.1) is 0 Å². The monoisotopic (exact) mass is 470 g/mol. The van der Waals surface area contributed by atoms with Gasteiger partial charge in [0.1, 0.15) is 0 Å². The van der Waals surface area contributed by atoms with Crippen LogP contribution in [-0.4, -0.2) is 26.0 Å². The van der Waals surface area contributed by atoms with Gasteiger partial charge in [0.25, 0.3) is 5.91 Å². The molecule has 142 valence electrons. The zero-order valence-electron chi connectivity index (χ0n) is 14.5. The molecule has 0 saturated carbocycles. The number of nitrogens with one attached hydrogen (secondary N) is 1. The maximum absolute atomic E-state index is 12.5. The quantitative estimate of drug-likeness (QED) is 0.734. The third-order valence-corrected chi connectivity index (χ3v) is 6.90. The number of hydrogen-bond acceptors (Lipinski definition) is 4. The Morgan fingerprint density at radius 2 is 1.96 bits per heavy atom. The highest BCUT2D eigenvalue weighted by Crippen LogP contribution is 2.32. The summed E-state index contributed by atoms with van der Waals surface area (Å²) in [5.41, 5.74) is 1.81. The van der Waals surface area contributed by atoms with Gasteiger partial charge in [-0.05, 0) is 48.9 Å². The second kappa shape index (κ2) is 7.26. The van der Waals surface area contributed by atoms with E-state index in [0.717, 1.165) is 14.3 Å². The lowest BCUT2D eigenvalue weighted by molar-refractivity contribution is -0.119. The number of benzene rings is 2. The average molecular weight is 472 g/mol. The van der Waals surface area contributed by atoms with E-state index in [0.29, 0.717) is 5.69 Å². The molecular formula is C18H16BrClN2O4S. The van der Waals surface area contributed by atoms with Gasteiger partial charge in [-0.3, -0.25) is 9.59 Å². The van der Waals surface area contributed by atoms with Crippen molar-refractivity contribution in [3.63, 3.8) is 0 Å². The maximum Gasteiger partial charge on any atom is 0.257 e. The summed E-state index contributed by atoms with van der Waals surface area (Å²) in [5.74, 6) is -1.79. The molecule has 9 heteroatoms. The Morgan fingerprint density at radius 3 is 2.52 bits per heavy atom. The summed E-state index contributed by atoms with van der Waals surface area (Å²) in [7, 11) is -3.73. The normalized spacial score (nSPS) is 18.6. The summed E-state index contributed by atoms with van der Waals surface area (Å²) in [6, 6.07) is 9.56. The first-order chi connectivity index (χ1) is 12.6. The predicted octanol–water partition coefficient (Wildman–Crippen LogP) is 3.98. The summed E-state index contributed by atoms with van der Waals surface area (Å²) in [5, 5.41) is 2.83. The molecule has 0 aromatic heterocycles. The van der Waals surface area contributed by atoms with Crippen LogP contribution in [0.25, 0.3) is 0 Å². The summed E-state index contributed by atoms with van der Waals surface area (Å²) in [6.45, 7) is 3.42. The van der Waals surface area contributed by atoms with Gasteiger partial charge in [-0.25, -0.2) is 12.7 Å². The maximum atomic E-state index is 12.5. The molecule has 1 aliphatic heterocycles. The van der Waals surface area contributed by atoms with Crippen molar-refractivity contribution in [3.05, 3.63) is 57.0 Å². The number of nitrogens with zero attached hydrogens (tertiary/aromatic N) is 1. The molecular weight excluding hydrogens is 456 g/mol. The lowest BCUT2D eigenvalue weighted by atomic mass is 10.1. The van der Waals surface area contributed by atoms with E-state index in [9.17, 15) is 18.0 Å². The van der Waals surface area contributed by atoms with Crippen LogP contribution in [0.4, 0.5) is 11.4 Å². The Hall–Kier alpha value is -1.90. The van der Waals surface area contributed by atoms with Gasteiger partial charge in [-0.2, -0.15) is 0 Å². The fraction of sp³-hybridized carbons (Fsp3) is 0.222. The third kappa shape index (κ3) is 3.88. The standard InChI is InChI=1S/C18H16BrClN2O4S/c1-10-7-12(19)3-6-16(10)21-17(23)14-5-4-13(8-15(14)20)22-18(24)11(2)9-27(22,25)26/h3-8,11H,9H2,1-2H3,(H,21,23). The number of carbonyl (C=O) groups is 2. The number of hydrogen-bond donors (Lipinski definition) is 1. The van der Waals surface area contributed by atoms with E-state index in [2.05, 4.69) is 21.2 Å². The number of sulfonamides is 1. The second-order valence-electron chi connectivity index (χ2n) is 6.36. The molecule has 1 unspecified atom stereocenters. The molecule has 1 saturated heterocycles. The van der Waals surface area contributed by atoms with E-state index >= 15 is 0 Å². The van der Waals surface area contributed by atoms with E-state index < -0.39 is 27.8 Å². The van der Waals surface area contributed by atoms with Crippen LogP contribution in [0, 0.1) is 12.8 Å². The predicted molar refractivity (Wildman–Crippen MR) is 109 cm³/mol. The summed E-state index contributed by atoms with van der Waals surface area (Å²) in [6.07, 6.45) is 0. The van der Waals surface area contributed by atoms with E-state index in [4.69, 9.17) is 11.6 Å². The summed E-state index contributed by atoms with van der Waals surface area (Å²) < 4.78 is 26.0. The van der Waals surface area contributed by atoms with Gasteiger partial charge in [0.2, 0.25) is 15.9 Å². The minimum atomic E-state index is -3.73. The first-order valence-corrected chi connectivity index (χ1v) is 10.8. The van der Waals surface area contributed by atoms with Crippen molar-refractivity contribution in [1.82, 2.24) is 0 Å². The molecule has 0 bridgehead atoms. The highest BCUT2D eigenvalue weighted by atomic mass is 79.9. The molecule has 0 aliphatic carbocycles. The fourth-order valence-corrected chi connectivity index (χ4v) is 5.41. The number of anilines is 2. The van der Waals surface area contributed by atoms with Crippen LogP contribution < -0.4 is 9.62 Å². The molecule has 2 amide bonds. The van der Waals surface area contributed by atoms with Crippen molar-refractivity contribution < 1.29 is 18.0 Å². The highest BCUT2D eigenvalue weighted by molar-refractivity contribution is 9.10. The van der Waals surface area contributed by atoms with Crippen molar-refractivity contribution in [2.24, 2.45) is 5.92 Å². The van der Waals surface area contributed by atoms with E-state index in [1.807, 2.05) is 13.0 Å². The Morgan fingerprint density at radius 1 is 1.26 bits per heavy atom. The van der Waals surface area contributed by atoms with Crippen LogP contribution >= 0.6 is 27.5 Å². The molecule has 1 heterocycles. The first kappa shape index (κ1) is 19.9.